The Morgan fingerprint density at radius 1 is 1.33 bits per heavy atom. The third-order valence-corrected chi connectivity index (χ3v) is 5.16. The lowest BCUT2D eigenvalue weighted by atomic mass is 10.0. The summed E-state index contributed by atoms with van der Waals surface area (Å²) < 4.78 is 0. The van der Waals surface area contributed by atoms with Gasteiger partial charge in [0, 0.05) is 47.2 Å². The Balaban J connectivity index is 1.87. The number of hydrogen-bond donors (Lipinski definition) is 1. The number of carbonyl (C=O) groups is 2. The van der Waals surface area contributed by atoms with E-state index in [1.807, 2.05) is 26.8 Å². The molecule has 1 saturated heterocycles. The first-order valence-corrected chi connectivity index (χ1v) is 8.30. The van der Waals surface area contributed by atoms with Crippen LogP contribution in [0.1, 0.15) is 46.3 Å². The Kier molecular flexibility index (Phi) is 5.17. The van der Waals surface area contributed by atoms with Gasteiger partial charge in [-0.05, 0) is 26.3 Å². The average Bonchev–Trinajstić information content (AvgIpc) is 2.98. The number of β-amino-alcohol motifs (C(OH)–C–C–N with tert-alkyl or cyclic N) is 1. The van der Waals surface area contributed by atoms with Gasteiger partial charge in [0.15, 0.2) is 5.78 Å². The summed E-state index contributed by atoms with van der Waals surface area (Å²) in [6, 6.07) is 1.90. The standard InChI is InChI=1S/C16H23NO3S/c1-4-12-8-17(9-15(12)19)16(20)6-5-14(18)13-7-10(2)21-11(13)3/h7,12,15,19H,4-6,8-9H2,1-3H3/t12-,15-/m0/s1. The van der Waals surface area contributed by atoms with Crippen LogP contribution in [-0.2, 0) is 4.79 Å². The molecule has 0 bridgehead atoms. The SMILES string of the molecule is CC[C@H]1CN(C(=O)CCC(=O)c2cc(C)sc2C)C[C@@H]1O. The van der Waals surface area contributed by atoms with Crippen LogP contribution in [0.2, 0.25) is 0 Å². The molecule has 1 fully saturated rings. The van der Waals surface area contributed by atoms with E-state index in [1.54, 1.807) is 16.2 Å². The summed E-state index contributed by atoms with van der Waals surface area (Å²) in [6.45, 7) is 6.96. The molecular formula is C16H23NO3S. The van der Waals surface area contributed by atoms with Crippen molar-refractivity contribution in [1.82, 2.24) is 4.90 Å². The van der Waals surface area contributed by atoms with Crippen molar-refractivity contribution in [2.24, 2.45) is 5.92 Å². The molecule has 116 valence electrons. The monoisotopic (exact) mass is 309 g/mol. The summed E-state index contributed by atoms with van der Waals surface area (Å²) >= 11 is 1.61. The number of likely N-dealkylation sites (tertiary alicyclic amines) is 1. The Bertz CT molecular complexity index is 538. The molecule has 1 aromatic heterocycles. The molecule has 0 aromatic carbocycles. The quantitative estimate of drug-likeness (QED) is 0.850. The number of thiophene rings is 1. The molecule has 4 nitrogen and oxygen atoms in total. The van der Waals surface area contributed by atoms with Crippen molar-refractivity contribution in [1.29, 1.82) is 0 Å². The van der Waals surface area contributed by atoms with Gasteiger partial charge in [0.05, 0.1) is 6.10 Å². The summed E-state index contributed by atoms with van der Waals surface area (Å²) in [4.78, 5) is 28.1. The van der Waals surface area contributed by atoms with Gasteiger partial charge in [-0.1, -0.05) is 6.92 Å². The predicted molar refractivity (Wildman–Crippen MR) is 83.7 cm³/mol. The molecular weight excluding hydrogens is 286 g/mol. The fourth-order valence-electron chi connectivity index (χ4n) is 2.88. The van der Waals surface area contributed by atoms with E-state index in [-0.39, 0.29) is 30.4 Å². The van der Waals surface area contributed by atoms with Crippen molar-refractivity contribution in [2.75, 3.05) is 13.1 Å². The number of Topliss-reactive ketones (excluding diaryl/α,β-unsaturated/α-hetero) is 1. The number of ketones is 1. The van der Waals surface area contributed by atoms with Crippen LogP contribution < -0.4 is 0 Å². The van der Waals surface area contributed by atoms with Gasteiger partial charge in [0.1, 0.15) is 0 Å². The number of nitrogens with zero attached hydrogens (tertiary/aromatic N) is 1. The second-order valence-electron chi connectivity index (χ2n) is 5.78. The van der Waals surface area contributed by atoms with Crippen molar-refractivity contribution in [3.63, 3.8) is 0 Å². The van der Waals surface area contributed by atoms with Crippen LogP contribution in [0, 0.1) is 19.8 Å². The molecule has 2 atom stereocenters. The summed E-state index contributed by atoms with van der Waals surface area (Å²) in [6.07, 6.45) is 0.934. The van der Waals surface area contributed by atoms with E-state index in [1.165, 1.54) is 0 Å². The van der Waals surface area contributed by atoms with Crippen molar-refractivity contribution >= 4 is 23.0 Å². The smallest absolute Gasteiger partial charge is 0.223 e. The van der Waals surface area contributed by atoms with Crippen LogP contribution >= 0.6 is 11.3 Å². The molecule has 2 rings (SSSR count). The lowest BCUT2D eigenvalue weighted by molar-refractivity contribution is -0.130. The molecule has 1 amide bonds. The van der Waals surface area contributed by atoms with E-state index in [0.29, 0.717) is 13.1 Å². The van der Waals surface area contributed by atoms with Gasteiger partial charge in [-0.15, -0.1) is 11.3 Å². The molecule has 0 spiro atoms. The molecule has 0 aliphatic carbocycles. The first kappa shape index (κ1) is 16.2. The molecule has 5 heteroatoms. The van der Waals surface area contributed by atoms with Gasteiger partial charge in [0.25, 0.3) is 0 Å². The molecule has 0 unspecified atom stereocenters. The van der Waals surface area contributed by atoms with Gasteiger partial charge < -0.3 is 10.0 Å². The predicted octanol–water partition coefficient (Wildman–Crippen LogP) is 2.56. The highest BCUT2D eigenvalue weighted by Gasteiger charge is 2.32. The summed E-state index contributed by atoms with van der Waals surface area (Å²) in [5.41, 5.74) is 0.748. The maximum absolute atomic E-state index is 12.2. The van der Waals surface area contributed by atoms with E-state index in [0.717, 1.165) is 21.7 Å². The van der Waals surface area contributed by atoms with E-state index < -0.39 is 6.10 Å². The average molecular weight is 309 g/mol. The van der Waals surface area contributed by atoms with Gasteiger partial charge in [0.2, 0.25) is 5.91 Å². The number of hydrogen-bond acceptors (Lipinski definition) is 4. The largest absolute Gasteiger partial charge is 0.391 e. The number of rotatable bonds is 5. The molecule has 21 heavy (non-hydrogen) atoms. The molecule has 1 aliphatic heterocycles. The van der Waals surface area contributed by atoms with Crippen molar-refractivity contribution < 1.29 is 14.7 Å². The third kappa shape index (κ3) is 3.71. The van der Waals surface area contributed by atoms with E-state index in [2.05, 4.69) is 0 Å². The van der Waals surface area contributed by atoms with Crippen molar-refractivity contribution in [2.45, 2.75) is 46.1 Å². The van der Waals surface area contributed by atoms with Crippen molar-refractivity contribution in [3.05, 3.63) is 21.4 Å². The Hall–Kier alpha value is -1.20. The molecule has 1 aromatic rings. The normalized spacial score (nSPS) is 21.8. The fourth-order valence-corrected chi connectivity index (χ4v) is 3.82. The van der Waals surface area contributed by atoms with Gasteiger partial charge in [-0.3, -0.25) is 9.59 Å². The first-order valence-electron chi connectivity index (χ1n) is 7.48. The minimum Gasteiger partial charge on any atom is -0.391 e. The lowest BCUT2D eigenvalue weighted by Crippen LogP contribution is -2.29. The highest BCUT2D eigenvalue weighted by atomic mass is 32.1. The Labute approximate surface area is 129 Å². The summed E-state index contributed by atoms with van der Waals surface area (Å²) in [5.74, 6) is 0.186. The first-order chi connectivity index (χ1) is 9.92. The maximum Gasteiger partial charge on any atom is 0.223 e. The van der Waals surface area contributed by atoms with E-state index in [4.69, 9.17) is 0 Å². The zero-order chi connectivity index (χ0) is 15.6. The summed E-state index contributed by atoms with van der Waals surface area (Å²) in [7, 11) is 0. The Morgan fingerprint density at radius 2 is 2.05 bits per heavy atom. The Morgan fingerprint density at radius 3 is 2.57 bits per heavy atom. The van der Waals surface area contributed by atoms with E-state index in [9.17, 15) is 14.7 Å². The lowest BCUT2D eigenvalue weighted by Gasteiger charge is -2.15. The molecule has 0 saturated carbocycles. The van der Waals surface area contributed by atoms with Crippen LogP contribution in [0.4, 0.5) is 0 Å². The molecule has 1 N–H and O–H groups in total. The highest BCUT2D eigenvalue weighted by Crippen LogP contribution is 2.24. The minimum absolute atomic E-state index is 0.0250. The maximum atomic E-state index is 12.2. The number of carbonyl (C=O) groups excluding carboxylic acids is 2. The molecule has 2 heterocycles. The van der Waals surface area contributed by atoms with Crippen LogP contribution in [-0.4, -0.2) is 40.9 Å². The second kappa shape index (κ2) is 6.71. The van der Waals surface area contributed by atoms with E-state index >= 15 is 0 Å². The zero-order valence-electron chi connectivity index (χ0n) is 12.9. The molecule has 1 aliphatic rings. The van der Waals surface area contributed by atoms with Crippen LogP contribution in [0.5, 0.6) is 0 Å². The van der Waals surface area contributed by atoms with Crippen molar-refractivity contribution in [3.8, 4) is 0 Å². The minimum atomic E-state index is -0.420. The topological polar surface area (TPSA) is 57.6 Å². The van der Waals surface area contributed by atoms with Crippen LogP contribution in [0.3, 0.4) is 0 Å². The number of amides is 1. The number of aliphatic hydroxyl groups is 1. The van der Waals surface area contributed by atoms with Gasteiger partial charge in [-0.25, -0.2) is 0 Å². The second-order valence-corrected chi connectivity index (χ2v) is 7.24. The summed E-state index contributed by atoms with van der Waals surface area (Å²) in [5, 5.41) is 9.84. The van der Waals surface area contributed by atoms with Crippen LogP contribution in [0.15, 0.2) is 6.07 Å². The van der Waals surface area contributed by atoms with Crippen LogP contribution in [0.25, 0.3) is 0 Å². The highest BCUT2D eigenvalue weighted by molar-refractivity contribution is 7.12. The fraction of sp³-hybridized carbons (Fsp3) is 0.625. The number of aryl methyl sites for hydroxylation is 2. The van der Waals surface area contributed by atoms with Gasteiger partial charge in [-0.2, -0.15) is 0 Å². The number of aliphatic hydroxyl groups excluding tert-OH is 1. The molecule has 0 radical (unpaired) electrons. The van der Waals surface area contributed by atoms with Gasteiger partial charge >= 0.3 is 0 Å². The third-order valence-electron chi connectivity index (χ3n) is 4.19. The zero-order valence-corrected chi connectivity index (χ0v) is 13.7.